The lowest BCUT2D eigenvalue weighted by molar-refractivity contribution is 0.0528. The van der Waals surface area contributed by atoms with E-state index in [0.29, 0.717) is 12.2 Å². The van der Waals surface area contributed by atoms with E-state index in [1.165, 1.54) is 0 Å². The van der Waals surface area contributed by atoms with E-state index < -0.39 is 0 Å². The quantitative estimate of drug-likeness (QED) is 0.740. The highest BCUT2D eigenvalue weighted by Crippen LogP contribution is 2.20. The van der Waals surface area contributed by atoms with Gasteiger partial charge in [0.05, 0.1) is 12.2 Å². The van der Waals surface area contributed by atoms with Crippen LogP contribution in [0.15, 0.2) is 30.5 Å². The minimum Gasteiger partial charge on any atom is -0.462 e. The summed E-state index contributed by atoms with van der Waals surface area (Å²) in [6.45, 7) is 5.20. The second kappa shape index (κ2) is 4.39. The van der Waals surface area contributed by atoms with Crippen LogP contribution in [-0.2, 0) is 11.3 Å². The second-order valence-corrected chi connectivity index (χ2v) is 3.56. The molecule has 0 saturated heterocycles. The Hall–Kier alpha value is -1.77. The molecule has 0 fully saturated rings. The maximum absolute atomic E-state index is 11.7. The van der Waals surface area contributed by atoms with Gasteiger partial charge in [-0.05, 0) is 32.0 Å². The van der Waals surface area contributed by atoms with Crippen LogP contribution in [0.3, 0.4) is 0 Å². The van der Waals surface area contributed by atoms with Crippen LogP contribution in [0, 0.1) is 0 Å². The number of benzene rings is 1. The Bertz CT molecular complexity index is 514. The summed E-state index contributed by atoms with van der Waals surface area (Å²) < 4.78 is 7.14. The largest absolute Gasteiger partial charge is 0.462 e. The highest BCUT2D eigenvalue weighted by Gasteiger charge is 2.12. The third-order valence-corrected chi connectivity index (χ3v) is 2.65. The summed E-state index contributed by atoms with van der Waals surface area (Å²) in [4.78, 5) is 11.7. The van der Waals surface area contributed by atoms with Crippen LogP contribution in [0.2, 0.25) is 0 Å². The maximum Gasteiger partial charge on any atom is 0.338 e. The van der Waals surface area contributed by atoms with E-state index in [1.54, 1.807) is 6.07 Å². The SMILES string of the molecule is CCOC(=O)c1cccc2c1ccn2CC. The van der Waals surface area contributed by atoms with Gasteiger partial charge in [0, 0.05) is 23.6 Å². The first-order valence-electron chi connectivity index (χ1n) is 5.53. The Balaban J connectivity index is 2.54. The molecule has 0 aliphatic heterocycles. The Labute approximate surface area is 94.6 Å². The number of carbonyl (C=O) groups excluding carboxylic acids is 1. The molecular weight excluding hydrogens is 202 g/mol. The Morgan fingerprint density at radius 2 is 2.12 bits per heavy atom. The van der Waals surface area contributed by atoms with Gasteiger partial charge in [-0.25, -0.2) is 4.79 Å². The van der Waals surface area contributed by atoms with E-state index in [1.807, 2.05) is 31.3 Å². The number of nitrogens with zero attached hydrogens (tertiary/aromatic N) is 1. The molecule has 1 aromatic carbocycles. The number of carbonyl (C=O) groups is 1. The molecule has 2 aromatic rings. The van der Waals surface area contributed by atoms with Gasteiger partial charge in [-0.2, -0.15) is 0 Å². The van der Waals surface area contributed by atoms with Gasteiger partial charge in [0.25, 0.3) is 0 Å². The molecule has 2 rings (SSSR count). The molecule has 0 aliphatic rings. The van der Waals surface area contributed by atoms with Crippen molar-refractivity contribution in [1.82, 2.24) is 4.57 Å². The van der Waals surface area contributed by atoms with Crippen LogP contribution in [-0.4, -0.2) is 17.1 Å². The number of fused-ring (bicyclic) bond motifs is 1. The molecule has 0 saturated carbocycles. The van der Waals surface area contributed by atoms with Crippen molar-refractivity contribution in [3.8, 4) is 0 Å². The molecule has 0 radical (unpaired) electrons. The number of aromatic nitrogens is 1. The van der Waals surface area contributed by atoms with E-state index in [2.05, 4.69) is 11.5 Å². The zero-order valence-electron chi connectivity index (χ0n) is 9.56. The standard InChI is InChI=1S/C13H15NO2/c1-3-14-9-8-10-11(13(15)16-4-2)6-5-7-12(10)14/h5-9H,3-4H2,1-2H3. The van der Waals surface area contributed by atoms with Crippen molar-refractivity contribution >= 4 is 16.9 Å². The normalized spacial score (nSPS) is 10.6. The van der Waals surface area contributed by atoms with Crippen LogP contribution in [0.1, 0.15) is 24.2 Å². The highest BCUT2D eigenvalue weighted by atomic mass is 16.5. The molecule has 16 heavy (non-hydrogen) atoms. The van der Waals surface area contributed by atoms with Crippen LogP contribution in [0.25, 0.3) is 10.9 Å². The fourth-order valence-electron chi connectivity index (χ4n) is 1.89. The third-order valence-electron chi connectivity index (χ3n) is 2.65. The molecule has 0 amide bonds. The lowest BCUT2D eigenvalue weighted by atomic mass is 10.1. The molecule has 0 atom stereocenters. The third kappa shape index (κ3) is 1.69. The highest BCUT2D eigenvalue weighted by molar-refractivity contribution is 6.03. The average Bonchev–Trinajstić information content (AvgIpc) is 2.71. The first-order valence-corrected chi connectivity index (χ1v) is 5.53. The number of hydrogen-bond donors (Lipinski definition) is 0. The summed E-state index contributed by atoms with van der Waals surface area (Å²) in [6, 6.07) is 7.67. The summed E-state index contributed by atoms with van der Waals surface area (Å²) >= 11 is 0. The van der Waals surface area contributed by atoms with Crippen molar-refractivity contribution < 1.29 is 9.53 Å². The number of ether oxygens (including phenoxy) is 1. The number of esters is 1. The zero-order valence-corrected chi connectivity index (χ0v) is 9.56. The van der Waals surface area contributed by atoms with Crippen LogP contribution < -0.4 is 0 Å². The van der Waals surface area contributed by atoms with Gasteiger partial charge in [0.15, 0.2) is 0 Å². The van der Waals surface area contributed by atoms with Gasteiger partial charge in [-0.3, -0.25) is 0 Å². The fourth-order valence-corrected chi connectivity index (χ4v) is 1.89. The van der Waals surface area contributed by atoms with E-state index >= 15 is 0 Å². The first-order chi connectivity index (χ1) is 7.77. The topological polar surface area (TPSA) is 31.2 Å². The number of aryl methyl sites for hydroxylation is 1. The van der Waals surface area contributed by atoms with Crippen molar-refractivity contribution in [3.63, 3.8) is 0 Å². The summed E-state index contributed by atoms with van der Waals surface area (Å²) in [5, 5.41) is 0.961. The molecular formula is C13H15NO2. The molecule has 0 unspecified atom stereocenters. The predicted molar refractivity (Wildman–Crippen MR) is 63.6 cm³/mol. The monoisotopic (exact) mass is 217 g/mol. The smallest absolute Gasteiger partial charge is 0.338 e. The van der Waals surface area contributed by atoms with Crippen molar-refractivity contribution in [1.29, 1.82) is 0 Å². The molecule has 1 aromatic heterocycles. The average molecular weight is 217 g/mol. The van der Waals surface area contributed by atoms with E-state index in [4.69, 9.17) is 4.74 Å². The molecule has 0 spiro atoms. The van der Waals surface area contributed by atoms with Gasteiger partial charge >= 0.3 is 5.97 Å². The van der Waals surface area contributed by atoms with Crippen LogP contribution >= 0.6 is 0 Å². The van der Waals surface area contributed by atoms with Crippen molar-refractivity contribution in [2.45, 2.75) is 20.4 Å². The number of hydrogen-bond acceptors (Lipinski definition) is 2. The molecule has 84 valence electrons. The Morgan fingerprint density at radius 3 is 2.81 bits per heavy atom. The lowest BCUT2D eigenvalue weighted by Crippen LogP contribution is -2.05. The summed E-state index contributed by atoms with van der Waals surface area (Å²) in [5.41, 5.74) is 1.72. The van der Waals surface area contributed by atoms with Gasteiger partial charge in [0.2, 0.25) is 0 Å². The Kier molecular flexibility index (Phi) is 2.95. The van der Waals surface area contributed by atoms with Crippen molar-refractivity contribution in [3.05, 3.63) is 36.0 Å². The molecule has 0 bridgehead atoms. The molecule has 3 nitrogen and oxygen atoms in total. The van der Waals surface area contributed by atoms with Gasteiger partial charge in [-0.1, -0.05) is 6.07 Å². The minimum atomic E-state index is -0.248. The minimum absolute atomic E-state index is 0.248. The molecule has 0 N–H and O–H groups in total. The van der Waals surface area contributed by atoms with Gasteiger partial charge in [-0.15, -0.1) is 0 Å². The van der Waals surface area contributed by atoms with Crippen LogP contribution in [0.5, 0.6) is 0 Å². The summed E-state index contributed by atoms with van der Waals surface area (Å²) in [7, 11) is 0. The molecule has 0 aliphatic carbocycles. The summed E-state index contributed by atoms with van der Waals surface area (Å²) in [6.07, 6.45) is 1.99. The van der Waals surface area contributed by atoms with E-state index in [0.717, 1.165) is 17.4 Å². The number of rotatable bonds is 3. The predicted octanol–water partition coefficient (Wildman–Crippen LogP) is 2.84. The zero-order chi connectivity index (χ0) is 11.5. The second-order valence-electron chi connectivity index (χ2n) is 3.56. The summed E-state index contributed by atoms with van der Waals surface area (Å²) in [5.74, 6) is -0.248. The van der Waals surface area contributed by atoms with Crippen LogP contribution in [0.4, 0.5) is 0 Å². The Morgan fingerprint density at radius 1 is 1.31 bits per heavy atom. The van der Waals surface area contributed by atoms with Gasteiger partial charge in [0.1, 0.15) is 0 Å². The fraction of sp³-hybridized carbons (Fsp3) is 0.308. The van der Waals surface area contributed by atoms with Crippen molar-refractivity contribution in [2.75, 3.05) is 6.61 Å². The van der Waals surface area contributed by atoms with E-state index in [-0.39, 0.29) is 5.97 Å². The molecule has 3 heteroatoms. The van der Waals surface area contributed by atoms with Crippen molar-refractivity contribution in [2.24, 2.45) is 0 Å². The maximum atomic E-state index is 11.7. The van der Waals surface area contributed by atoms with Gasteiger partial charge < -0.3 is 9.30 Å². The first kappa shape index (κ1) is 10.7. The molecule has 1 heterocycles. The lowest BCUT2D eigenvalue weighted by Gasteiger charge is -2.04. The van der Waals surface area contributed by atoms with E-state index in [9.17, 15) is 4.79 Å².